The number of benzene rings is 1. The Hall–Kier alpha value is -0.840. The first kappa shape index (κ1) is 13.6. The zero-order valence-electron chi connectivity index (χ0n) is 10.1. The lowest BCUT2D eigenvalue weighted by molar-refractivity contribution is 0.602. The van der Waals surface area contributed by atoms with E-state index in [1.165, 1.54) is 0 Å². The standard InChI is InChI=1S/C13H15BrClN3/c1-2-5-18-8-9(7-17-18)13(16)11-6-10(14)3-4-12(11)15/h3-4,6-8,13H,2,5,16H2,1H3. The van der Waals surface area contributed by atoms with Crippen LogP contribution in [-0.4, -0.2) is 9.78 Å². The minimum Gasteiger partial charge on any atom is -0.320 e. The predicted molar refractivity (Wildman–Crippen MR) is 77.7 cm³/mol. The van der Waals surface area contributed by atoms with Crippen molar-refractivity contribution in [3.8, 4) is 0 Å². The number of hydrogen-bond acceptors (Lipinski definition) is 2. The summed E-state index contributed by atoms with van der Waals surface area (Å²) in [6, 6.07) is 5.45. The van der Waals surface area contributed by atoms with Crippen LogP contribution in [0.4, 0.5) is 0 Å². The number of aromatic nitrogens is 2. The highest BCUT2D eigenvalue weighted by molar-refractivity contribution is 9.10. The summed E-state index contributed by atoms with van der Waals surface area (Å²) in [7, 11) is 0. The first-order valence-electron chi connectivity index (χ1n) is 5.84. The van der Waals surface area contributed by atoms with Gasteiger partial charge in [-0.15, -0.1) is 0 Å². The second-order valence-corrected chi connectivity index (χ2v) is 5.50. The van der Waals surface area contributed by atoms with Crippen molar-refractivity contribution in [2.75, 3.05) is 0 Å². The van der Waals surface area contributed by atoms with E-state index in [0.29, 0.717) is 5.02 Å². The molecule has 96 valence electrons. The molecule has 1 unspecified atom stereocenters. The fourth-order valence-electron chi connectivity index (χ4n) is 1.82. The maximum atomic E-state index is 6.24. The average molecular weight is 329 g/mol. The highest BCUT2D eigenvalue weighted by atomic mass is 79.9. The molecular weight excluding hydrogens is 314 g/mol. The summed E-state index contributed by atoms with van der Waals surface area (Å²) in [6.45, 7) is 3.02. The number of aryl methyl sites for hydroxylation is 1. The Balaban J connectivity index is 2.29. The van der Waals surface area contributed by atoms with Crippen LogP contribution in [0.3, 0.4) is 0 Å². The molecule has 0 bridgehead atoms. The molecule has 0 aliphatic heterocycles. The van der Waals surface area contributed by atoms with Crippen molar-refractivity contribution in [1.29, 1.82) is 0 Å². The summed E-state index contributed by atoms with van der Waals surface area (Å²) in [5.41, 5.74) is 8.12. The minimum absolute atomic E-state index is 0.249. The second-order valence-electron chi connectivity index (χ2n) is 4.18. The van der Waals surface area contributed by atoms with Crippen molar-refractivity contribution in [1.82, 2.24) is 9.78 Å². The van der Waals surface area contributed by atoms with Crippen molar-refractivity contribution in [2.24, 2.45) is 5.73 Å². The second kappa shape index (κ2) is 5.87. The third kappa shape index (κ3) is 2.94. The van der Waals surface area contributed by atoms with Gasteiger partial charge in [-0.2, -0.15) is 5.10 Å². The Morgan fingerprint density at radius 3 is 3.00 bits per heavy atom. The maximum absolute atomic E-state index is 6.24. The van der Waals surface area contributed by atoms with Crippen LogP contribution < -0.4 is 5.73 Å². The van der Waals surface area contributed by atoms with Gasteiger partial charge in [0.2, 0.25) is 0 Å². The summed E-state index contributed by atoms with van der Waals surface area (Å²) >= 11 is 9.61. The highest BCUT2D eigenvalue weighted by Gasteiger charge is 2.14. The first-order valence-corrected chi connectivity index (χ1v) is 7.01. The van der Waals surface area contributed by atoms with Crippen LogP contribution in [0.2, 0.25) is 5.02 Å². The van der Waals surface area contributed by atoms with E-state index in [-0.39, 0.29) is 6.04 Å². The topological polar surface area (TPSA) is 43.8 Å². The van der Waals surface area contributed by atoms with Gasteiger partial charge in [-0.05, 0) is 30.2 Å². The maximum Gasteiger partial charge on any atom is 0.0598 e. The van der Waals surface area contributed by atoms with E-state index in [4.69, 9.17) is 17.3 Å². The molecule has 0 amide bonds. The van der Waals surface area contributed by atoms with E-state index >= 15 is 0 Å². The molecule has 0 radical (unpaired) electrons. The molecule has 2 rings (SSSR count). The van der Waals surface area contributed by atoms with Crippen molar-refractivity contribution in [2.45, 2.75) is 25.9 Å². The molecule has 5 heteroatoms. The normalized spacial score (nSPS) is 12.7. The number of halogens is 2. The van der Waals surface area contributed by atoms with E-state index < -0.39 is 0 Å². The third-order valence-corrected chi connectivity index (χ3v) is 3.60. The molecule has 1 aromatic heterocycles. The molecule has 0 spiro atoms. The summed E-state index contributed by atoms with van der Waals surface area (Å²) in [5, 5.41) is 4.96. The van der Waals surface area contributed by atoms with Crippen LogP contribution >= 0.6 is 27.5 Å². The quantitative estimate of drug-likeness (QED) is 0.928. The summed E-state index contributed by atoms with van der Waals surface area (Å²) < 4.78 is 2.87. The molecule has 1 heterocycles. The lowest BCUT2D eigenvalue weighted by Gasteiger charge is -2.12. The molecule has 18 heavy (non-hydrogen) atoms. The van der Waals surface area contributed by atoms with Gasteiger partial charge in [-0.3, -0.25) is 4.68 Å². The van der Waals surface area contributed by atoms with Gasteiger partial charge in [0.05, 0.1) is 12.2 Å². The fraction of sp³-hybridized carbons (Fsp3) is 0.308. The Labute approximate surface area is 120 Å². The van der Waals surface area contributed by atoms with Gasteiger partial charge in [0.25, 0.3) is 0 Å². The van der Waals surface area contributed by atoms with Gasteiger partial charge < -0.3 is 5.73 Å². The van der Waals surface area contributed by atoms with Gasteiger partial charge in [0.1, 0.15) is 0 Å². The van der Waals surface area contributed by atoms with Crippen LogP contribution in [0.5, 0.6) is 0 Å². The van der Waals surface area contributed by atoms with Crippen LogP contribution in [0, 0.1) is 0 Å². The lowest BCUT2D eigenvalue weighted by atomic mass is 10.0. The van der Waals surface area contributed by atoms with Crippen LogP contribution in [0.15, 0.2) is 35.1 Å². The molecule has 2 aromatic rings. The minimum atomic E-state index is -0.249. The van der Waals surface area contributed by atoms with E-state index in [9.17, 15) is 0 Å². The Morgan fingerprint density at radius 2 is 2.28 bits per heavy atom. The summed E-state index contributed by atoms with van der Waals surface area (Å²) in [6.07, 6.45) is 4.83. The van der Waals surface area contributed by atoms with Crippen molar-refractivity contribution >= 4 is 27.5 Å². The van der Waals surface area contributed by atoms with Gasteiger partial charge in [0, 0.05) is 27.8 Å². The zero-order chi connectivity index (χ0) is 13.1. The highest BCUT2D eigenvalue weighted by Crippen LogP contribution is 2.29. The van der Waals surface area contributed by atoms with Crippen molar-refractivity contribution in [3.63, 3.8) is 0 Å². The van der Waals surface area contributed by atoms with Crippen LogP contribution in [0.25, 0.3) is 0 Å². The third-order valence-electron chi connectivity index (χ3n) is 2.76. The predicted octanol–water partition coefficient (Wildman–Crippen LogP) is 3.76. The SMILES string of the molecule is CCCn1cc(C(N)c2cc(Br)ccc2Cl)cn1. The zero-order valence-corrected chi connectivity index (χ0v) is 12.4. The number of nitrogens with two attached hydrogens (primary N) is 1. The number of hydrogen-bond donors (Lipinski definition) is 1. The Kier molecular flexibility index (Phi) is 4.43. The van der Waals surface area contributed by atoms with E-state index in [2.05, 4.69) is 28.0 Å². The fourth-order valence-corrected chi connectivity index (χ4v) is 2.44. The van der Waals surface area contributed by atoms with Crippen molar-refractivity contribution in [3.05, 3.63) is 51.2 Å². The Bertz CT molecular complexity index is 539. The average Bonchev–Trinajstić information content (AvgIpc) is 2.80. The van der Waals surface area contributed by atoms with Gasteiger partial charge in [-0.25, -0.2) is 0 Å². The van der Waals surface area contributed by atoms with Gasteiger partial charge in [0.15, 0.2) is 0 Å². The monoisotopic (exact) mass is 327 g/mol. The van der Waals surface area contributed by atoms with E-state index in [0.717, 1.165) is 28.6 Å². The summed E-state index contributed by atoms with van der Waals surface area (Å²) in [4.78, 5) is 0. The largest absolute Gasteiger partial charge is 0.320 e. The molecule has 0 fully saturated rings. The molecule has 2 N–H and O–H groups in total. The first-order chi connectivity index (χ1) is 8.61. The molecular formula is C13H15BrClN3. The van der Waals surface area contributed by atoms with Crippen LogP contribution in [0.1, 0.15) is 30.5 Å². The molecule has 0 saturated heterocycles. The molecule has 0 saturated carbocycles. The molecule has 1 aromatic carbocycles. The van der Waals surface area contributed by atoms with Gasteiger partial charge in [-0.1, -0.05) is 34.5 Å². The molecule has 0 aliphatic carbocycles. The van der Waals surface area contributed by atoms with Gasteiger partial charge >= 0.3 is 0 Å². The smallest absolute Gasteiger partial charge is 0.0598 e. The van der Waals surface area contributed by atoms with E-state index in [1.54, 1.807) is 6.20 Å². The lowest BCUT2D eigenvalue weighted by Crippen LogP contribution is -2.11. The molecule has 3 nitrogen and oxygen atoms in total. The Morgan fingerprint density at radius 1 is 1.50 bits per heavy atom. The number of nitrogens with zero attached hydrogens (tertiary/aromatic N) is 2. The molecule has 0 aliphatic rings. The number of rotatable bonds is 4. The van der Waals surface area contributed by atoms with Crippen molar-refractivity contribution < 1.29 is 0 Å². The van der Waals surface area contributed by atoms with Crippen LogP contribution in [-0.2, 0) is 6.54 Å². The van der Waals surface area contributed by atoms with E-state index in [1.807, 2.05) is 29.1 Å². The summed E-state index contributed by atoms with van der Waals surface area (Å²) in [5.74, 6) is 0. The molecule has 1 atom stereocenters.